The van der Waals surface area contributed by atoms with Crippen LogP contribution in [0.25, 0.3) is 22.3 Å². The molecule has 0 bridgehead atoms. The van der Waals surface area contributed by atoms with E-state index in [1.807, 2.05) is 0 Å². The van der Waals surface area contributed by atoms with Crippen LogP contribution in [0.3, 0.4) is 0 Å². The van der Waals surface area contributed by atoms with Crippen LogP contribution in [-0.4, -0.2) is 5.11 Å². The Morgan fingerprint density at radius 1 is 1.00 bits per heavy atom. The molecule has 106 valence electrons. The van der Waals surface area contributed by atoms with Crippen LogP contribution in [0.15, 0.2) is 45.6 Å². The molecule has 1 aromatic heterocycles. The average Bonchev–Trinajstić information content (AvgIpc) is 2.47. The lowest BCUT2D eigenvalue weighted by molar-refractivity contribution is 0.475. The number of rotatable bonds is 1. The minimum atomic E-state index is -0.317. The molecule has 1 heterocycles. The van der Waals surface area contributed by atoms with Gasteiger partial charge in [-0.05, 0) is 30.3 Å². The van der Waals surface area contributed by atoms with Crippen molar-refractivity contribution in [3.05, 3.63) is 61.7 Å². The number of benzene rings is 2. The molecular weight excluding hydrogens is 335 g/mol. The monoisotopic (exact) mass is 340 g/mol. The summed E-state index contributed by atoms with van der Waals surface area (Å²) < 4.78 is 5.64. The van der Waals surface area contributed by atoms with Crippen LogP contribution in [0.1, 0.15) is 0 Å². The van der Waals surface area contributed by atoms with Crippen LogP contribution in [0.4, 0.5) is 0 Å². The fourth-order valence-corrected chi connectivity index (χ4v) is 2.59. The SMILES string of the molecule is O=c1cc(-c2ccc(Cl)cc2)oc2c(Cl)c(O)c(Cl)cc12. The molecule has 3 aromatic rings. The molecule has 0 aliphatic rings. The second-order valence-electron chi connectivity index (χ2n) is 4.38. The molecule has 3 rings (SSSR count). The molecular formula is C15H7Cl3O3. The smallest absolute Gasteiger partial charge is 0.193 e. The van der Waals surface area contributed by atoms with E-state index in [1.165, 1.54) is 12.1 Å². The molecule has 2 aromatic carbocycles. The highest BCUT2D eigenvalue weighted by atomic mass is 35.5. The first-order valence-corrected chi connectivity index (χ1v) is 7.01. The molecule has 0 atom stereocenters. The van der Waals surface area contributed by atoms with Gasteiger partial charge in [0.1, 0.15) is 10.8 Å². The third-order valence-electron chi connectivity index (χ3n) is 3.02. The largest absolute Gasteiger partial charge is 0.505 e. The maximum atomic E-state index is 12.2. The molecule has 0 aliphatic heterocycles. The molecule has 0 unspecified atom stereocenters. The first-order valence-electron chi connectivity index (χ1n) is 5.88. The summed E-state index contributed by atoms with van der Waals surface area (Å²) >= 11 is 17.6. The zero-order chi connectivity index (χ0) is 15.1. The Morgan fingerprint density at radius 3 is 2.33 bits per heavy atom. The van der Waals surface area contributed by atoms with Gasteiger partial charge >= 0.3 is 0 Å². The third-order valence-corrected chi connectivity index (χ3v) is 3.91. The normalized spacial score (nSPS) is 11.0. The molecule has 0 radical (unpaired) electrons. The van der Waals surface area contributed by atoms with Crippen molar-refractivity contribution in [3.8, 4) is 17.1 Å². The third kappa shape index (κ3) is 2.48. The first kappa shape index (κ1) is 14.3. The van der Waals surface area contributed by atoms with Gasteiger partial charge < -0.3 is 9.52 Å². The molecule has 0 fully saturated rings. The Balaban J connectivity index is 2.33. The fourth-order valence-electron chi connectivity index (χ4n) is 1.97. The van der Waals surface area contributed by atoms with Crippen LogP contribution in [-0.2, 0) is 0 Å². The lowest BCUT2D eigenvalue weighted by Gasteiger charge is -2.07. The van der Waals surface area contributed by atoms with Gasteiger partial charge in [0, 0.05) is 16.7 Å². The van der Waals surface area contributed by atoms with Crippen molar-refractivity contribution in [1.82, 2.24) is 0 Å². The van der Waals surface area contributed by atoms with E-state index in [0.29, 0.717) is 16.3 Å². The molecule has 0 aliphatic carbocycles. The second kappa shape index (κ2) is 5.26. The quantitative estimate of drug-likeness (QED) is 0.668. The molecule has 3 nitrogen and oxygen atoms in total. The van der Waals surface area contributed by atoms with Crippen LogP contribution in [0.5, 0.6) is 5.75 Å². The van der Waals surface area contributed by atoms with Gasteiger partial charge in [-0.3, -0.25) is 4.79 Å². The van der Waals surface area contributed by atoms with Crippen molar-refractivity contribution in [1.29, 1.82) is 0 Å². The Hall–Kier alpha value is -1.68. The molecule has 0 saturated heterocycles. The van der Waals surface area contributed by atoms with E-state index >= 15 is 0 Å². The van der Waals surface area contributed by atoms with Crippen LogP contribution in [0, 0.1) is 0 Å². The van der Waals surface area contributed by atoms with Gasteiger partial charge in [-0.1, -0.05) is 34.8 Å². The summed E-state index contributed by atoms with van der Waals surface area (Å²) in [5.41, 5.74) is 0.463. The molecule has 0 spiro atoms. The van der Waals surface area contributed by atoms with Crippen LogP contribution >= 0.6 is 34.8 Å². The van der Waals surface area contributed by atoms with Crippen LogP contribution in [0.2, 0.25) is 15.1 Å². The number of phenols is 1. The highest BCUT2D eigenvalue weighted by Crippen LogP contribution is 2.38. The second-order valence-corrected chi connectivity index (χ2v) is 5.60. The van der Waals surface area contributed by atoms with Crippen molar-refractivity contribution < 1.29 is 9.52 Å². The summed E-state index contributed by atoms with van der Waals surface area (Å²) in [5.74, 6) is 0.00929. The molecule has 0 amide bonds. The van der Waals surface area contributed by atoms with E-state index < -0.39 is 0 Å². The number of hydrogen-bond acceptors (Lipinski definition) is 3. The van der Waals surface area contributed by atoms with E-state index in [1.54, 1.807) is 24.3 Å². The topological polar surface area (TPSA) is 50.4 Å². The minimum Gasteiger partial charge on any atom is -0.505 e. The van der Waals surface area contributed by atoms with Crippen molar-refractivity contribution in [2.45, 2.75) is 0 Å². The summed E-state index contributed by atoms with van der Waals surface area (Å²) in [5, 5.41) is 10.4. The maximum Gasteiger partial charge on any atom is 0.193 e. The molecule has 6 heteroatoms. The van der Waals surface area contributed by atoms with Gasteiger partial charge in [-0.2, -0.15) is 0 Å². The van der Waals surface area contributed by atoms with Gasteiger partial charge in [-0.15, -0.1) is 0 Å². The lowest BCUT2D eigenvalue weighted by atomic mass is 10.1. The molecule has 21 heavy (non-hydrogen) atoms. The van der Waals surface area contributed by atoms with E-state index in [-0.39, 0.29) is 32.2 Å². The van der Waals surface area contributed by atoms with Crippen molar-refractivity contribution in [2.24, 2.45) is 0 Å². The number of halogens is 3. The standard InChI is InChI=1S/C15H7Cl3O3/c16-8-3-1-7(2-4-8)12-6-11(19)9-5-10(17)14(20)13(18)15(9)21-12/h1-6,20H. The number of fused-ring (bicyclic) bond motifs is 1. The average molecular weight is 342 g/mol. The number of hydrogen-bond donors (Lipinski definition) is 1. The Labute approximate surface area is 134 Å². The van der Waals surface area contributed by atoms with Gasteiger partial charge in [0.15, 0.2) is 16.8 Å². The maximum absolute atomic E-state index is 12.2. The van der Waals surface area contributed by atoms with Gasteiger partial charge in [0.25, 0.3) is 0 Å². The molecule has 0 saturated carbocycles. The van der Waals surface area contributed by atoms with Crippen molar-refractivity contribution in [2.75, 3.05) is 0 Å². The van der Waals surface area contributed by atoms with E-state index in [4.69, 9.17) is 39.2 Å². The van der Waals surface area contributed by atoms with E-state index in [2.05, 4.69) is 0 Å². The predicted molar refractivity (Wildman–Crippen MR) is 84.6 cm³/mol. The Morgan fingerprint density at radius 2 is 1.67 bits per heavy atom. The predicted octanol–water partition coefficient (Wildman–Crippen LogP) is 5.13. The summed E-state index contributed by atoms with van der Waals surface area (Å²) in [6.45, 7) is 0. The summed E-state index contributed by atoms with van der Waals surface area (Å²) in [6, 6.07) is 9.47. The summed E-state index contributed by atoms with van der Waals surface area (Å²) in [7, 11) is 0. The minimum absolute atomic E-state index is 0.000886. The highest BCUT2D eigenvalue weighted by Gasteiger charge is 2.15. The van der Waals surface area contributed by atoms with E-state index in [0.717, 1.165) is 0 Å². The van der Waals surface area contributed by atoms with Crippen LogP contribution < -0.4 is 5.43 Å². The number of phenolic OH excluding ortho intramolecular Hbond substituents is 1. The zero-order valence-corrected chi connectivity index (χ0v) is 12.6. The lowest BCUT2D eigenvalue weighted by Crippen LogP contribution is -2.00. The van der Waals surface area contributed by atoms with Gasteiger partial charge in [0.2, 0.25) is 0 Å². The Bertz CT molecular complexity index is 899. The highest BCUT2D eigenvalue weighted by molar-refractivity contribution is 6.40. The van der Waals surface area contributed by atoms with E-state index in [9.17, 15) is 9.90 Å². The van der Waals surface area contributed by atoms with Crippen molar-refractivity contribution >= 4 is 45.8 Å². The summed E-state index contributed by atoms with van der Waals surface area (Å²) in [6.07, 6.45) is 0. The Kier molecular flexibility index (Phi) is 3.57. The summed E-state index contributed by atoms with van der Waals surface area (Å²) in [4.78, 5) is 12.2. The van der Waals surface area contributed by atoms with Gasteiger partial charge in [-0.25, -0.2) is 0 Å². The first-order chi connectivity index (χ1) is 9.97. The fraction of sp³-hybridized carbons (Fsp3) is 0. The van der Waals surface area contributed by atoms with Crippen molar-refractivity contribution in [3.63, 3.8) is 0 Å². The van der Waals surface area contributed by atoms with Gasteiger partial charge in [0.05, 0.1) is 10.4 Å². The zero-order valence-electron chi connectivity index (χ0n) is 10.4. The molecule has 1 N–H and O–H groups in total. The number of aromatic hydroxyl groups is 1.